The van der Waals surface area contributed by atoms with E-state index in [1.54, 1.807) is 6.92 Å². The number of ketones is 1. The molecule has 4 aromatic rings. The van der Waals surface area contributed by atoms with Crippen molar-refractivity contribution >= 4 is 38.9 Å². The molecule has 0 aliphatic rings. The molecule has 2 aromatic heterocycles. The van der Waals surface area contributed by atoms with Crippen LogP contribution in [0.25, 0.3) is 21.3 Å². The summed E-state index contributed by atoms with van der Waals surface area (Å²) in [5.74, 6) is 0.429. The molecule has 0 saturated heterocycles. The molecule has 0 fully saturated rings. The number of hydrogen-bond donors (Lipinski definition) is 0. The highest BCUT2D eigenvalue weighted by Gasteiger charge is 2.20. The summed E-state index contributed by atoms with van der Waals surface area (Å²) < 4.78 is 1.48. The fraction of sp³-hybridized carbons (Fsp3) is 0.208. The highest BCUT2D eigenvalue weighted by atomic mass is 35.5. The molecule has 0 amide bonds. The predicted octanol–water partition coefficient (Wildman–Crippen LogP) is 5.89. The average Bonchev–Trinajstić information content (AvgIpc) is 3.03. The minimum atomic E-state index is -0.191. The molecule has 0 N–H and O–H groups in total. The number of thiophene rings is 1. The first kappa shape index (κ1) is 20.5. The molecule has 2 heterocycles. The molecule has 4 rings (SSSR count). The first-order chi connectivity index (χ1) is 14.3. The number of halogens is 1. The van der Waals surface area contributed by atoms with Crippen LogP contribution in [0, 0.1) is 27.7 Å². The molecule has 0 unspecified atom stereocenters. The number of aryl methyl sites for hydroxylation is 4. The monoisotopic (exact) mass is 436 g/mol. The first-order valence-corrected chi connectivity index (χ1v) is 10.8. The number of Topliss-reactive ketones (excluding diaryl/α,β-unsaturated/α-hetero) is 1. The van der Waals surface area contributed by atoms with Gasteiger partial charge >= 0.3 is 0 Å². The maximum Gasteiger partial charge on any atom is 0.263 e. The first-order valence-electron chi connectivity index (χ1n) is 9.63. The number of aromatic nitrogens is 2. The van der Waals surface area contributed by atoms with Gasteiger partial charge in [0.05, 0.1) is 11.9 Å². The van der Waals surface area contributed by atoms with E-state index < -0.39 is 0 Å². The number of carbonyl (C=O) groups is 1. The van der Waals surface area contributed by atoms with Crippen LogP contribution in [0.4, 0.5) is 0 Å². The normalized spacial score (nSPS) is 11.2. The Hall–Kier alpha value is -2.76. The lowest BCUT2D eigenvalue weighted by Crippen LogP contribution is -2.27. The standard InChI is InChI=1S/C24H21ClN2O2S/c1-13-5-6-18(11-14(13)2)20(28)12-27-16(4)26-23-22(24(27)29)21(15(3)30-23)17-7-9-19(25)10-8-17/h5-11H,12H2,1-4H3. The van der Waals surface area contributed by atoms with E-state index in [-0.39, 0.29) is 17.9 Å². The van der Waals surface area contributed by atoms with E-state index in [0.29, 0.717) is 26.6 Å². The summed E-state index contributed by atoms with van der Waals surface area (Å²) in [6, 6.07) is 13.0. The molecule has 0 saturated carbocycles. The quantitative estimate of drug-likeness (QED) is 0.374. The summed E-state index contributed by atoms with van der Waals surface area (Å²) in [5, 5.41) is 1.19. The van der Waals surface area contributed by atoms with Crippen molar-refractivity contribution in [1.82, 2.24) is 9.55 Å². The highest BCUT2D eigenvalue weighted by Crippen LogP contribution is 2.36. The van der Waals surface area contributed by atoms with Gasteiger partial charge in [0.25, 0.3) is 5.56 Å². The van der Waals surface area contributed by atoms with Gasteiger partial charge in [0, 0.05) is 21.0 Å². The highest BCUT2D eigenvalue weighted by molar-refractivity contribution is 7.19. The summed E-state index contributed by atoms with van der Waals surface area (Å²) >= 11 is 7.52. The second-order valence-corrected chi connectivity index (χ2v) is 9.13. The lowest BCUT2D eigenvalue weighted by Gasteiger charge is -2.11. The lowest BCUT2D eigenvalue weighted by atomic mass is 10.0. The van der Waals surface area contributed by atoms with E-state index in [9.17, 15) is 9.59 Å². The number of rotatable bonds is 4. The van der Waals surface area contributed by atoms with Gasteiger partial charge in [0.1, 0.15) is 10.7 Å². The van der Waals surface area contributed by atoms with Crippen LogP contribution in [0.5, 0.6) is 0 Å². The smallest absolute Gasteiger partial charge is 0.263 e. The van der Waals surface area contributed by atoms with Crippen LogP contribution in [0.3, 0.4) is 0 Å². The largest absolute Gasteiger partial charge is 0.292 e. The molecule has 0 radical (unpaired) electrons. The Balaban J connectivity index is 1.84. The van der Waals surface area contributed by atoms with E-state index >= 15 is 0 Å². The second-order valence-electron chi connectivity index (χ2n) is 7.49. The SMILES string of the molecule is Cc1ccc(C(=O)Cn2c(C)nc3sc(C)c(-c4ccc(Cl)cc4)c3c2=O)cc1C. The van der Waals surface area contributed by atoms with E-state index in [0.717, 1.165) is 27.1 Å². The van der Waals surface area contributed by atoms with Gasteiger partial charge in [0.2, 0.25) is 0 Å². The van der Waals surface area contributed by atoms with Crippen molar-refractivity contribution in [3.8, 4) is 11.1 Å². The summed E-state index contributed by atoms with van der Waals surface area (Å²) in [7, 11) is 0. The van der Waals surface area contributed by atoms with Crippen LogP contribution in [0.15, 0.2) is 47.3 Å². The molecule has 0 aliphatic carbocycles. The second kappa shape index (κ2) is 7.82. The fourth-order valence-corrected chi connectivity index (χ4v) is 4.80. The van der Waals surface area contributed by atoms with Gasteiger partial charge in [-0.3, -0.25) is 14.2 Å². The van der Waals surface area contributed by atoms with Gasteiger partial charge in [-0.05, 0) is 62.6 Å². The summed E-state index contributed by atoms with van der Waals surface area (Å²) in [6.07, 6.45) is 0. The maximum absolute atomic E-state index is 13.5. The van der Waals surface area contributed by atoms with Crippen LogP contribution in [0.1, 0.15) is 32.2 Å². The van der Waals surface area contributed by atoms with E-state index in [2.05, 4.69) is 4.98 Å². The molecular weight excluding hydrogens is 416 g/mol. The zero-order chi connectivity index (χ0) is 21.6. The molecule has 4 nitrogen and oxygen atoms in total. The Kier molecular flexibility index (Phi) is 5.35. The average molecular weight is 437 g/mol. The molecule has 152 valence electrons. The van der Waals surface area contributed by atoms with E-state index in [4.69, 9.17) is 11.6 Å². The van der Waals surface area contributed by atoms with Crippen molar-refractivity contribution in [2.45, 2.75) is 34.2 Å². The summed E-state index contributed by atoms with van der Waals surface area (Å²) in [6.45, 7) is 7.70. The lowest BCUT2D eigenvalue weighted by molar-refractivity contribution is 0.0969. The number of benzene rings is 2. The summed E-state index contributed by atoms with van der Waals surface area (Å²) in [4.78, 5) is 32.7. The number of hydrogen-bond acceptors (Lipinski definition) is 4. The Morgan fingerprint density at radius 2 is 1.73 bits per heavy atom. The topological polar surface area (TPSA) is 52.0 Å². The predicted molar refractivity (Wildman–Crippen MR) is 124 cm³/mol. The third-order valence-corrected chi connectivity index (χ3v) is 6.69. The third-order valence-electron chi connectivity index (χ3n) is 5.44. The number of nitrogens with zero attached hydrogens (tertiary/aromatic N) is 2. The van der Waals surface area contributed by atoms with Crippen molar-refractivity contribution in [1.29, 1.82) is 0 Å². The van der Waals surface area contributed by atoms with Gasteiger partial charge in [0.15, 0.2) is 5.78 Å². The van der Waals surface area contributed by atoms with Crippen molar-refractivity contribution < 1.29 is 4.79 Å². The maximum atomic E-state index is 13.5. The van der Waals surface area contributed by atoms with Crippen molar-refractivity contribution in [3.63, 3.8) is 0 Å². The molecule has 0 aliphatic heterocycles. The van der Waals surface area contributed by atoms with Crippen LogP contribution in [-0.2, 0) is 6.54 Å². The van der Waals surface area contributed by atoms with Crippen LogP contribution >= 0.6 is 22.9 Å². The van der Waals surface area contributed by atoms with Crippen LogP contribution in [-0.4, -0.2) is 15.3 Å². The van der Waals surface area contributed by atoms with E-state index in [1.807, 2.05) is 63.2 Å². The van der Waals surface area contributed by atoms with Crippen LogP contribution < -0.4 is 5.56 Å². The molecule has 2 aromatic carbocycles. The van der Waals surface area contributed by atoms with Crippen molar-refractivity contribution in [2.24, 2.45) is 0 Å². The Morgan fingerprint density at radius 3 is 2.40 bits per heavy atom. The number of carbonyl (C=O) groups excluding carboxylic acids is 1. The van der Waals surface area contributed by atoms with Crippen molar-refractivity contribution in [2.75, 3.05) is 0 Å². The molecule has 6 heteroatoms. The third kappa shape index (κ3) is 3.59. The molecule has 0 bridgehead atoms. The van der Waals surface area contributed by atoms with Gasteiger partial charge in [-0.1, -0.05) is 35.9 Å². The van der Waals surface area contributed by atoms with Gasteiger partial charge in [-0.15, -0.1) is 11.3 Å². The Morgan fingerprint density at radius 1 is 1.03 bits per heavy atom. The van der Waals surface area contributed by atoms with Crippen molar-refractivity contribution in [3.05, 3.63) is 85.2 Å². The zero-order valence-electron chi connectivity index (χ0n) is 17.2. The van der Waals surface area contributed by atoms with Gasteiger partial charge in [-0.25, -0.2) is 4.98 Å². The Labute approximate surface area is 183 Å². The minimum Gasteiger partial charge on any atom is -0.292 e. The Bertz CT molecular complexity index is 1350. The number of fused-ring (bicyclic) bond motifs is 1. The van der Waals surface area contributed by atoms with Gasteiger partial charge < -0.3 is 0 Å². The fourth-order valence-electron chi connectivity index (χ4n) is 3.60. The molecule has 0 atom stereocenters. The van der Waals surface area contributed by atoms with Crippen LogP contribution in [0.2, 0.25) is 5.02 Å². The van der Waals surface area contributed by atoms with Gasteiger partial charge in [-0.2, -0.15) is 0 Å². The molecule has 0 spiro atoms. The van der Waals surface area contributed by atoms with E-state index in [1.165, 1.54) is 15.9 Å². The minimum absolute atomic E-state index is 0.0366. The molecule has 30 heavy (non-hydrogen) atoms. The zero-order valence-corrected chi connectivity index (χ0v) is 18.8. The summed E-state index contributed by atoms with van der Waals surface area (Å²) in [5.41, 5.74) is 4.36. The molecular formula is C24H21ClN2O2S.